The molecule has 0 aliphatic heterocycles. The number of nitrogens with zero attached hydrogens (tertiary/aromatic N) is 6. The van der Waals surface area contributed by atoms with Gasteiger partial charge in [-0.15, -0.1) is 0 Å². The molecule has 0 unspecified atom stereocenters. The molecular formula is C56H34N6O2Si. The molecule has 0 N–H and O–H groups in total. The number of furan rings is 2. The minimum absolute atomic E-state index is 0.728. The SMILES string of the molecule is c1ccc([Si](c2ccccc2)(c2nccc3c2oc2c(-n4c5ccccc5c5cnccc54)cccc23)c2nccc3c2oc2c(-n4c5ccccc5c5cnccc54)cccc23)cc1. The summed E-state index contributed by atoms with van der Waals surface area (Å²) in [6.45, 7) is 0. The van der Waals surface area contributed by atoms with Gasteiger partial charge in [-0.25, -0.2) is 0 Å². The Morgan fingerprint density at radius 3 is 1.20 bits per heavy atom. The molecule has 8 aromatic heterocycles. The standard InChI is InChI=1S/C56H34N6O2Si/c1-3-13-35(14-4-1)65(36-15-5-2-6-16-36,55-53-41(25-31-59-55)39-19-11-23-49(51(39)63-53)61-45-21-9-7-17-37(45)43-33-57-29-27-47(43)61)56-54-42(26-32-60-56)40-20-12-24-50(52(40)64-54)62-46-22-10-8-18-38(46)44-34-58-30-28-48(44)62/h1-34H. The topological polar surface area (TPSA) is 87.7 Å². The Morgan fingerprint density at radius 2 is 0.723 bits per heavy atom. The van der Waals surface area contributed by atoms with Crippen LogP contribution in [0.4, 0.5) is 0 Å². The molecule has 0 aliphatic rings. The maximum atomic E-state index is 7.40. The number of rotatable bonds is 6. The number of pyridine rings is 4. The van der Waals surface area contributed by atoms with Crippen molar-refractivity contribution in [1.29, 1.82) is 0 Å². The minimum atomic E-state index is -3.54. The van der Waals surface area contributed by atoms with Crippen LogP contribution in [-0.4, -0.2) is 37.1 Å². The number of para-hydroxylation sites is 4. The molecule has 0 spiro atoms. The van der Waals surface area contributed by atoms with Crippen molar-refractivity contribution in [3.05, 3.63) is 207 Å². The average Bonchev–Trinajstić information content (AvgIpc) is 4.14. The fraction of sp³-hybridized carbons (Fsp3) is 0. The van der Waals surface area contributed by atoms with Crippen LogP contribution >= 0.6 is 0 Å². The molecule has 14 rings (SSSR count). The fourth-order valence-corrected chi connectivity index (χ4v) is 15.3. The molecule has 14 aromatic rings. The van der Waals surface area contributed by atoms with E-state index in [0.717, 1.165) is 120 Å². The van der Waals surface area contributed by atoms with Gasteiger partial charge in [-0.3, -0.25) is 19.9 Å². The van der Waals surface area contributed by atoms with E-state index in [9.17, 15) is 0 Å². The molecule has 6 aromatic carbocycles. The molecule has 9 heteroatoms. The van der Waals surface area contributed by atoms with Gasteiger partial charge in [-0.05, 0) is 58.9 Å². The number of hydrogen-bond donors (Lipinski definition) is 0. The summed E-state index contributed by atoms with van der Waals surface area (Å²) in [7, 11) is -3.54. The summed E-state index contributed by atoms with van der Waals surface area (Å²) < 4.78 is 19.4. The molecule has 304 valence electrons. The average molecular weight is 851 g/mol. The van der Waals surface area contributed by atoms with Crippen LogP contribution in [0.25, 0.3) is 98.9 Å². The molecule has 0 radical (unpaired) electrons. The van der Waals surface area contributed by atoms with E-state index in [2.05, 4.69) is 189 Å². The number of hydrogen-bond acceptors (Lipinski definition) is 6. The van der Waals surface area contributed by atoms with Crippen LogP contribution in [0.3, 0.4) is 0 Å². The van der Waals surface area contributed by atoms with Gasteiger partial charge in [0.05, 0.1) is 44.1 Å². The van der Waals surface area contributed by atoms with Crippen molar-refractivity contribution in [2.45, 2.75) is 0 Å². The first-order valence-corrected chi connectivity index (χ1v) is 23.7. The molecule has 8 heterocycles. The lowest BCUT2D eigenvalue weighted by Gasteiger charge is -2.31. The molecule has 0 fully saturated rings. The van der Waals surface area contributed by atoms with Crippen molar-refractivity contribution in [1.82, 2.24) is 29.1 Å². The van der Waals surface area contributed by atoms with Gasteiger partial charge in [-0.2, -0.15) is 0 Å². The van der Waals surface area contributed by atoms with Crippen molar-refractivity contribution < 1.29 is 8.83 Å². The second-order valence-electron chi connectivity index (χ2n) is 16.6. The van der Waals surface area contributed by atoms with Gasteiger partial charge >= 0.3 is 0 Å². The van der Waals surface area contributed by atoms with E-state index < -0.39 is 8.07 Å². The summed E-state index contributed by atoms with van der Waals surface area (Å²) >= 11 is 0. The summed E-state index contributed by atoms with van der Waals surface area (Å²) in [6.07, 6.45) is 11.5. The van der Waals surface area contributed by atoms with Gasteiger partial charge < -0.3 is 18.0 Å². The van der Waals surface area contributed by atoms with Crippen LogP contribution in [0.5, 0.6) is 0 Å². The molecule has 8 nitrogen and oxygen atoms in total. The first kappa shape index (κ1) is 35.9. The van der Waals surface area contributed by atoms with E-state index >= 15 is 0 Å². The molecule has 0 atom stereocenters. The van der Waals surface area contributed by atoms with Crippen LogP contribution in [0.2, 0.25) is 0 Å². The lowest BCUT2D eigenvalue weighted by atomic mass is 10.1. The quantitative estimate of drug-likeness (QED) is 0.155. The van der Waals surface area contributed by atoms with Crippen LogP contribution in [0.1, 0.15) is 0 Å². The molecule has 0 amide bonds. The van der Waals surface area contributed by atoms with E-state index in [1.54, 1.807) is 0 Å². The lowest BCUT2D eigenvalue weighted by molar-refractivity contribution is 0.666. The molecular weight excluding hydrogens is 817 g/mol. The van der Waals surface area contributed by atoms with Gasteiger partial charge in [-0.1, -0.05) is 121 Å². The first-order chi connectivity index (χ1) is 32.3. The summed E-state index contributed by atoms with van der Waals surface area (Å²) in [4.78, 5) is 19.9. The summed E-state index contributed by atoms with van der Waals surface area (Å²) in [5, 5.41) is 12.3. The van der Waals surface area contributed by atoms with E-state index in [1.807, 2.05) is 37.2 Å². The van der Waals surface area contributed by atoms with Crippen molar-refractivity contribution in [3.63, 3.8) is 0 Å². The molecule has 0 saturated heterocycles. The Bertz CT molecular complexity index is 3830. The smallest absolute Gasteiger partial charge is 0.233 e. The Morgan fingerprint density at radius 1 is 0.323 bits per heavy atom. The maximum absolute atomic E-state index is 7.40. The van der Waals surface area contributed by atoms with E-state index in [-0.39, 0.29) is 0 Å². The van der Waals surface area contributed by atoms with E-state index in [0.29, 0.717) is 0 Å². The second-order valence-corrected chi connectivity index (χ2v) is 20.2. The zero-order chi connectivity index (χ0) is 42.6. The third-order valence-corrected chi connectivity index (χ3v) is 17.9. The van der Waals surface area contributed by atoms with Crippen LogP contribution in [0, 0.1) is 0 Å². The molecule has 0 bridgehead atoms. The van der Waals surface area contributed by atoms with Crippen LogP contribution in [-0.2, 0) is 0 Å². The highest BCUT2D eigenvalue weighted by atomic mass is 28.3. The zero-order valence-corrected chi connectivity index (χ0v) is 35.6. The molecule has 0 aliphatic carbocycles. The predicted molar refractivity (Wildman–Crippen MR) is 264 cm³/mol. The van der Waals surface area contributed by atoms with Crippen LogP contribution < -0.4 is 21.0 Å². The first-order valence-electron chi connectivity index (χ1n) is 21.7. The van der Waals surface area contributed by atoms with Gasteiger partial charge in [0.15, 0.2) is 22.3 Å². The predicted octanol–water partition coefficient (Wildman–Crippen LogP) is 10.6. The van der Waals surface area contributed by atoms with Crippen molar-refractivity contribution in [2.75, 3.05) is 0 Å². The highest BCUT2D eigenvalue weighted by Crippen LogP contribution is 2.40. The Kier molecular flexibility index (Phi) is 7.54. The minimum Gasteiger partial charge on any atom is -0.452 e. The largest absolute Gasteiger partial charge is 0.452 e. The lowest BCUT2D eigenvalue weighted by Crippen LogP contribution is -2.76. The van der Waals surface area contributed by atoms with Crippen molar-refractivity contribution >= 4 is 117 Å². The summed E-state index contributed by atoms with van der Waals surface area (Å²) in [6, 6.07) is 59.6. The normalized spacial score (nSPS) is 12.3. The van der Waals surface area contributed by atoms with E-state index in [4.69, 9.17) is 18.8 Å². The van der Waals surface area contributed by atoms with Gasteiger partial charge in [0.2, 0.25) is 8.07 Å². The summed E-state index contributed by atoms with van der Waals surface area (Å²) in [5.41, 5.74) is 9.18. The Balaban J connectivity index is 1.10. The number of fused-ring (bicyclic) bond motifs is 12. The van der Waals surface area contributed by atoms with Gasteiger partial charge in [0.25, 0.3) is 0 Å². The van der Waals surface area contributed by atoms with E-state index in [1.165, 1.54) is 0 Å². The monoisotopic (exact) mass is 850 g/mol. The zero-order valence-electron chi connectivity index (χ0n) is 34.6. The van der Waals surface area contributed by atoms with Crippen molar-refractivity contribution in [2.24, 2.45) is 0 Å². The highest BCUT2D eigenvalue weighted by Gasteiger charge is 2.49. The third-order valence-electron chi connectivity index (χ3n) is 13.3. The maximum Gasteiger partial charge on any atom is 0.233 e. The molecule has 0 saturated carbocycles. The molecule has 65 heavy (non-hydrogen) atoms. The Hall–Kier alpha value is -8.66. The third kappa shape index (κ3) is 4.89. The number of aromatic nitrogens is 6. The van der Waals surface area contributed by atoms with Crippen LogP contribution in [0.15, 0.2) is 216 Å². The second kappa shape index (κ2) is 13.7. The van der Waals surface area contributed by atoms with Crippen molar-refractivity contribution in [3.8, 4) is 11.4 Å². The Labute approximate surface area is 371 Å². The van der Waals surface area contributed by atoms with Gasteiger partial charge in [0, 0.05) is 80.3 Å². The fourth-order valence-electron chi connectivity index (χ4n) is 10.7. The summed E-state index contributed by atoms with van der Waals surface area (Å²) in [5.74, 6) is 0. The highest BCUT2D eigenvalue weighted by molar-refractivity contribution is 7.20. The number of benzene rings is 6. The van der Waals surface area contributed by atoms with Gasteiger partial charge in [0.1, 0.15) is 0 Å².